The number of carbonyl (C=O) groups is 2. The first-order valence-electron chi connectivity index (χ1n) is 7.08. The second kappa shape index (κ2) is 7.61. The maximum Gasteiger partial charge on any atom is 0.417 e. The molecule has 6 nitrogen and oxygen atoms in total. The first-order chi connectivity index (χ1) is 12.1. The van der Waals surface area contributed by atoms with E-state index in [0.717, 1.165) is 0 Å². The molecule has 0 atom stereocenters. The van der Waals surface area contributed by atoms with Gasteiger partial charge in [-0.15, -0.1) is 0 Å². The number of rotatable bonds is 4. The Morgan fingerprint density at radius 1 is 1.35 bits per heavy atom. The van der Waals surface area contributed by atoms with Gasteiger partial charge in [0.15, 0.2) is 12.4 Å². The number of benzene rings is 1. The molecule has 0 aliphatic rings. The molecule has 26 heavy (non-hydrogen) atoms. The molecule has 0 radical (unpaired) electrons. The quantitative estimate of drug-likeness (QED) is 0.782. The summed E-state index contributed by atoms with van der Waals surface area (Å²) in [5, 5.41) is 11.5. The number of nitrogens with zero attached hydrogens (tertiary/aromatic N) is 1. The SMILES string of the molecule is Cc1cccc(C(=O)OCC(=O)Nc2ncc(C(F)(F)F)cc2Cl)c1O. The molecule has 0 saturated carbocycles. The number of para-hydroxylation sites is 1. The van der Waals surface area contributed by atoms with Crippen molar-refractivity contribution in [2.45, 2.75) is 13.1 Å². The molecule has 10 heteroatoms. The lowest BCUT2D eigenvalue weighted by atomic mass is 10.1. The summed E-state index contributed by atoms with van der Waals surface area (Å²) in [6.07, 6.45) is -4.11. The van der Waals surface area contributed by atoms with Crippen molar-refractivity contribution in [2.75, 3.05) is 11.9 Å². The van der Waals surface area contributed by atoms with Gasteiger partial charge in [0.25, 0.3) is 5.91 Å². The van der Waals surface area contributed by atoms with E-state index in [1.165, 1.54) is 12.1 Å². The highest BCUT2D eigenvalue weighted by molar-refractivity contribution is 6.33. The Kier molecular flexibility index (Phi) is 5.71. The zero-order valence-electron chi connectivity index (χ0n) is 13.2. The van der Waals surface area contributed by atoms with Gasteiger partial charge >= 0.3 is 12.1 Å². The predicted octanol–water partition coefficient (Wildman–Crippen LogP) is 3.56. The third-order valence-electron chi connectivity index (χ3n) is 3.22. The Balaban J connectivity index is 1.99. The van der Waals surface area contributed by atoms with E-state index in [0.29, 0.717) is 17.8 Å². The fourth-order valence-corrected chi connectivity index (χ4v) is 2.10. The zero-order valence-corrected chi connectivity index (χ0v) is 14.0. The molecular weight excluding hydrogens is 377 g/mol. The van der Waals surface area contributed by atoms with Gasteiger partial charge in [0.2, 0.25) is 0 Å². The van der Waals surface area contributed by atoms with Crippen LogP contribution in [-0.2, 0) is 15.7 Å². The maximum atomic E-state index is 12.5. The van der Waals surface area contributed by atoms with Gasteiger partial charge in [-0.2, -0.15) is 13.2 Å². The van der Waals surface area contributed by atoms with E-state index in [1.807, 2.05) is 0 Å². The maximum absolute atomic E-state index is 12.5. The van der Waals surface area contributed by atoms with Crippen LogP contribution in [0.4, 0.5) is 19.0 Å². The number of phenols is 1. The summed E-state index contributed by atoms with van der Waals surface area (Å²) >= 11 is 5.66. The fourth-order valence-electron chi connectivity index (χ4n) is 1.89. The summed E-state index contributed by atoms with van der Waals surface area (Å²) in [5.41, 5.74) is -0.741. The lowest BCUT2D eigenvalue weighted by molar-refractivity contribution is -0.137. The monoisotopic (exact) mass is 388 g/mol. The van der Waals surface area contributed by atoms with E-state index in [9.17, 15) is 27.9 Å². The molecule has 0 aliphatic carbocycles. The van der Waals surface area contributed by atoms with Crippen LogP contribution in [0.5, 0.6) is 5.75 Å². The van der Waals surface area contributed by atoms with E-state index >= 15 is 0 Å². The fraction of sp³-hybridized carbons (Fsp3) is 0.188. The molecular formula is C16H12ClF3N2O4. The Labute approximate surface area is 150 Å². The van der Waals surface area contributed by atoms with Crippen LogP contribution in [-0.4, -0.2) is 28.6 Å². The Bertz CT molecular complexity index is 856. The van der Waals surface area contributed by atoms with Crippen molar-refractivity contribution >= 4 is 29.3 Å². The van der Waals surface area contributed by atoms with Gasteiger partial charge < -0.3 is 15.2 Å². The number of carbonyl (C=O) groups excluding carboxylic acids is 2. The third kappa shape index (κ3) is 4.63. The van der Waals surface area contributed by atoms with Crippen LogP contribution in [0.1, 0.15) is 21.5 Å². The van der Waals surface area contributed by atoms with Crippen LogP contribution in [0.15, 0.2) is 30.5 Å². The second-order valence-electron chi connectivity index (χ2n) is 5.15. The number of hydrogen-bond acceptors (Lipinski definition) is 5. The minimum absolute atomic E-state index is 0.122. The van der Waals surface area contributed by atoms with E-state index < -0.39 is 35.2 Å². The molecule has 1 amide bonds. The van der Waals surface area contributed by atoms with Gasteiger partial charge in [-0.3, -0.25) is 4.79 Å². The third-order valence-corrected chi connectivity index (χ3v) is 3.51. The highest BCUT2D eigenvalue weighted by Gasteiger charge is 2.31. The standard InChI is InChI=1S/C16H12ClF3N2O4/c1-8-3-2-4-10(13(8)24)15(25)26-7-12(23)22-14-11(17)5-9(6-21-14)16(18,19)20/h2-6,24H,7H2,1H3,(H,21,22,23). The molecule has 0 bridgehead atoms. The number of anilines is 1. The molecule has 1 heterocycles. The number of alkyl halides is 3. The number of halogens is 4. The highest BCUT2D eigenvalue weighted by atomic mass is 35.5. The topological polar surface area (TPSA) is 88.5 Å². The van der Waals surface area contributed by atoms with Crippen molar-refractivity contribution in [1.82, 2.24) is 4.98 Å². The average Bonchev–Trinajstić information content (AvgIpc) is 2.56. The van der Waals surface area contributed by atoms with E-state index in [-0.39, 0.29) is 17.1 Å². The molecule has 0 unspecified atom stereocenters. The summed E-state index contributed by atoms with van der Waals surface area (Å²) in [7, 11) is 0. The van der Waals surface area contributed by atoms with Gasteiger partial charge in [0.1, 0.15) is 11.3 Å². The van der Waals surface area contributed by atoms with E-state index in [1.54, 1.807) is 13.0 Å². The smallest absolute Gasteiger partial charge is 0.417 e. The lowest BCUT2D eigenvalue weighted by Gasteiger charge is -2.11. The van der Waals surface area contributed by atoms with Gasteiger partial charge in [0, 0.05) is 6.20 Å². The van der Waals surface area contributed by atoms with Crippen LogP contribution in [0.2, 0.25) is 5.02 Å². The normalized spacial score (nSPS) is 11.1. The summed E-state index contributed by atoms with van der Waals surface area (Å²) in [6, 6.07) is 5.03. The number of phenolic OH excluding ortho intramolecular Hbond substituents is 1. The Morgan fingerprint density at radius 3 is 2.65 bits per heavy atom. The summed E-state index contributed by atoms with van der Waals surface area (Å²) in [4.78, 5) is 27.1. The number of pyridine rings is 1. The highest BCUT2D eigenvalue weighted by Crippen LogP contribution is 2.32. The number of hydrogen-bond donors (Lipinski definition) is 2. The number of amides is 1. The average molecular weight is 389 g/mol. The minimum atomic E-state index is -4.62. The largest absolute Gasteiger partial charge is 0.507 e. The molecule has 0 aliphatic heterocycles. The second-order valence-corrected chi connectivity index (χ2v) is 5.55. The first-order valence-corrected chi connectivity index (χ1v) is 7.45. The van der Waals surface area contributed by atoms with Gasteiger partial charge in [-0.05, 0) is 24.6 Å². The first kappa shape index (κ1) is 19.5. The summed E-state index contributed by atoms with van der Waals surface area (Å²) in [5.74, 6) is -2.38. The van der Waals surface area contributed by atoms with Crippen molar-refractivity contribution in [3.05, 3.63) is 52.2 Å². The summed E-state index contributed by atoms with van der Waals surface area (Å²) < 4.78 is 42.3. The number of aromatic hydroxyl groups is 1. The van der Waals surface area contributed by atoms with E-state index in [4.69, 9.17) is 16.3 Å². The van der Waals surface area contributed by atoms with Crippen LogP contribution in [0.3, 0.4) is 0 Å². The van der Waals surface area contributed by atoms with E-state index in [2.05, 4.69) is 10.3 Å². The number of nitrogens with one attached hydrogen (secondary N) is 1. The number of ether oxygens (including phenoxy) is 1. The van der Waals surface area contributed by atoms with Crippen molar-refractivity contribution < 1.29 is 32.6 Å². The van der Waals surface area contributed by atoms with Gasteiger partial charge in [-0.25, -0.2) is 9.78 Å². The Morgan fingerprint density at radius 2 is 2.04 bits per heavy atom. The predicted molar refractivity (Wildman–Crippen MR) is 86.0 cm³/mol. The zero-order chi connectivity index (χ0) is 19.5. The van der Waals surface area contributed by atoms with Crippen LogP contribution in [0.25, 0.3) is 0 Å². The molecule has 2 rings (SSSR count). The molecule has 2 aromatic rings. The molecule has 1 aromatic carbocycles. The van der Waals surface area contributed by atoms with Crippen LogP contribution < -0.4 is 5.32 Å². The van der Waals surface area contributed by atoms with Gasteiger partial charge in [0.05, 0.1) is 10.6 Å². The molecule has 0 spiro atoms. The van der Waals surface area contributed by atoms with Crippen LogP contribution >= 0.6 is 11.6 Å². The molecule has 0 fully saturated rings. The summed E-state index contributed by atoms with van der Waals surface area (Å²) in [6.45, 7) is 0.836. The van der Waals surface area contributed by atoms with Gasteiger partial charge in [-0.1, -0.05) is 23.7 Å². The molecule has 1 aromatic heterocycles. The minimum Gasteiger partial charge on any atom is -0.507 e. The molecule has 138 valence electrons. The van der Waals surface area contributed by atoms with Crippen LogP contribution in [0, 0.1) is 6.92 Å². The number of aromatic nitrogens is 1. The number of aryl methyl sites for hydroxylation is 1. The molecule has 2 N–H and O–H groups in total. The lowest BCUT2D eigenvalue weighted by Crippen LogP contribution is -2.22. The van der Waals surface area contributed by atoms with Crippen molar-refractivity contribution in [2.24, 2.45) is 0 Å². The van der Waals surface area contributed by atoms with Crippen molar-refractivity contribution in [1.29, 1.82) is 0 Å². The number of esters is 1. The van der Waals surface area contributed by atoms with Crippen molar-refractivity contribution in [3.63, 3.8) is 0 Å². The van der Waals surface area contributed by atoms with Crippen molar-refractivity contribution in [3.8, 4) is 5.75 Å². The molecule has 0 saturated heterocycles. The Hall–Kier alpha value is -2.81.